The van der Waals surface area contributed by atoms with Crippen LogP contribution in [0, 0.1) is 0 Å². The van der Waals surface area contributed by atoms with Crippen LogP contribution in [0.4, 0.5) is 10.3 Å². The molecule has 0 aromatic carbocycles. The van der Waals surface area contributed by atoms with Crippen molar-refractivity contribution in [2.24, 2.45) is 0 Å². The van der Waals surface area contributed by atoms with E-state index in [4.69, 9.17) is 0 Å². The van der Waals surface area contributed by atoms with Crippen LogP contribution in [0.3, 0.4) is 0 Å². The number of anilines is 2. The first-order valence-electron chi connectivity index (χ1n) is 7.22. The third kappa shape index (κ3) is 3.72. The van der Waals surface area contributed by atoms with Gasteiger partial charge in [0, 0.05) is 56.7 Å². The van der Waals surface area contributed by atoms with Crippen molar-refractivity contribution in [1.82, 2.24) is 15.3 Å². The smallest absolute Gasteiger partial charge is 0.185 e. The second-order valence-electron chi connectivity index (χ2n) is 5.47. The Morgan fingerprint density at radius 3 is 2.76 bits per heavy atom. The van der Waals surface area contributed by atoms with Gasteiger partial charge in [-0.1, -0.05) is 0 Å². The maximum absolute atomic E-state index is 4.61. The van der Waals surface area contributed by atoms with Gasteiger partial charge in [0.15, 0.2) is 10.3 Å². The van der Waals surface area contributed by atoms with E-state index in [0.29, 0.717) is 6.04 Å². The maximum Gasteiger partial charge on any atom is 0.185 e. The molecule has 0 spiro atoms. The van der Waals surface area contributed by atoms with E-state index >= 15 is 0 Å². The highest BCUT2D eigenvalue weighted by Crippen LogP contribution is 2.22. The Balaban J connectivity index is 1.45. The predicted molar refractivity (Wildman–Crippen MR) is 90.6 cm³/mol. The summed E-state index contributed by atoms with van der Waals surface area (Å²) >= 11 is 3.43. The van der Waals surface area contributed by atoms with E-state index in [1.807, 2.05) is 25.7 Å². The highest BCUT2D eigenvalue weighted by atomic mass is 32.1. The molecule has 0 aliphatic carbocycles. The summed E-state index contributed by atoms with van der Waals surface area (Å²) in [6.07, 6.45) is 4.23. The molecule has 2 aromatic heterocycles. The summed E-state index contributed by atoms with van der Waals surface area (Å²) in [5.41, 5.74) is 1.14. The van der Waals surface area contributed by atoms with Crippen molar-refractivity contribution >= 4 is 32.9 Å². The average molecular weight is 323 g/mol. The van der Waals surface area contributed by atoms with E-state index in [9.17, 15) is 0 Å². The minimum atomic E-state index is 0.589. The molecule has 1 aliphatic heterocycles. The molecule has 1 N–H and O–H groups in total. The van der Waals surface area contributed by atoms with E-state index in [2.05, 4.69) is 30.5 Å². The lowest BCUT2D eigenvalue weighted by molar-refractivity contribution is 0.412. The molecule has 5 nitrogen and oxygen atoms in total. The van der Waals surface area contributed by atoms with Gasteiger partial charge in [-0.25, -0.2) is 9.97 Å². The maximum atomic E-state index is 4.61. The van der Waals surface area contributed by atoms with Crippen molar-refractivity contribution in [1.29, 1.82) is 0 Å². The third-order valence-corrected chi connectivity index (χ3v) is 5.57. The summed E-state index contributed by atoms with van der Waals surface area (Å²) in [4.78, 5) is 13.4. The van der Waals surface area contributed by atoms with Gasteiger partial charge in [-0.05, 0) is 12.8 Å². The molecule has 3 rings (SSSR count). The standard InChI is InChI=1S/C14H21N5S2/c1-18(2)14-17-12(10-21-14)9-16-11-3-6-19(7-4-11)13-15-5-8-20-13/h5,8,10-11,16H,3-4,6-7,9H2,1-2H3. The number of thiazole rings is 2. The number of nitrogens with zero attached hydrogens (tertiary/aromatic N) is 4. The summed E-state index contributed by atoms with van der Waals surface area (Å²) in [6, 6.07) is 0.589. The van der Waals surface area contributed by atoms with Crippen molar-refractivity contribution < 1.29 is 0 Å². The molecule has 3 heterocycles. The zero-order chi connectivity index (χ0) is 14.7. The van der Waals surface area contributed by atoms with Crippen molar-refractivity contribution in [3.05, 3.63) is 22.7 Å². The molecule has 1 fully saturated rings. The molecule has 2 aromatic rings. The Labute approximate surface area is 133 Å². The summed E-state index contributed by atoms with van der Waals surface area (Å²) in [5.74, 6) is 0. The third-order valence-electron chi connectivity index (χ3n) is 3.68. The fourth-order valence-corrected chi connectivity index (χ4v) is 3.93. The van der Waals surface area contributed by atoms with Gasteiger partial charge in [0.1, 0.15) is 0 Å². The Morgan fingerprint density at radius 1 is 1.33 bits per heavy atom. The monoisotopic (exact) mass is 323 g/mol. The van der Waals surface area contributed by atoms with Crippen LogP contribution >= 0.6 is 22.7 Å². The zero-order valence-electron chi connectivity index (χ0n) is 12.5. The number of hydrogen-bond acceptors (Lipinski definition) is 7. The minimum absolute atomic E-state index is 0.589. The lowest BCUT2D eigenvalue weighted by atomic mass is 10.1. The molecule has 0 saturated carbocycles. The van der Waals surface area contributed by atoms with Crippen LogP contribution in [0.25, 0.3) is 0 Å². The number of nitrogens with one attached hydrogen (secondary N) is 1. The van der Waals surface area contributed by atoms with E-state index < -0.39 is 0 Å². The van der Waals surface area contributed by atoms with Crippen LogP contribution in [-0.2, 0) is 6.54 Å². The van der Waals surface area contributed by atoms with Gasteiger partial charge >= 0.3 is 0 Å². The molecule has 0 amide bonds. The minimum Gasteiger partial charge on any atom is -0.354 e. The molecular formula is C14H21N5S2. The van der Waals surface area contributed by atoms with Crippen molar-refractivity contribution in [3.8, 4) is 0 Å². The first-order valence-corrected chi connectivity index (χ1v) is 8.98. The molecule has 0 radical (unpaired) electrons. The number of hydrogen-bond donors (Lipinski definition) is 1. The van der Waals surface area contributed by atoms with Crippen LogP contribution < -0.4 is 15.1 Å². The highest BCUT2D eigenvalue weighted by molar-refractivity contribution is 7.14. The first-order chi connectivity index (χ1) is 10.2. The molecular weight excluding hydrogens is 302 g/mol. The van der Waals surface area contributed by atoms with Gasteiger partial charge in [-0.2, -0.15) is 0 Å². The molecule has 1 saturated heterocycles. The van der Waals surface area contributed by atoms with Gasteiger partial charge in [0.05, 0.1) is 5.69 Å². The number of rotatable bonds is 5. The Morgan fingerprint density at radius 2 is 2.14 bits per heavy atom. The second kappa shape index (κ2) is 6.72. The summed E-state index contributed by atoms with van der Waals surface area (Å²) in [7, 11) is 4.06. The first kappa shape index (κ1) is 14.7. The van der Waals surface area contributed by atoms with E-state index in [1.54, 1.807) is 22.7 Å². The van der Waals surface area contributed by atoms with Crippen LogP contribution in [0.15, 0.2) is 17.0 Å². The second-order valence-corrected chi connectivity index (χ2v) is 7.18. The van der Waals surface area contributed by atoms with Crippen molar-refractivity contribution in [2.45, 2.75) is 25.4 Å². The summed E-state index contributed by atoms with van der Waals surface area (Å²) in [5, 5.41) is 10.1. The summed E-state index contributed by atoms with van der Waals surface area (Å²) in [6.45, 7) is 3.04. The Kier molecular flexibility index (Phi) is 4.72. The molecule has 21 heavy (non-hydrogen) atoms. The van der Waals surface area contributed by atoms with Gasteiger partial charge < -0.3 is 15.1 Å². The van der Waals surface area contributed by atoms with Crippen molar-refractivity contribution in [2.75, 3.05) is 37.0 Å². The molecule has 7 heteroatoms. The molecule has 0 atom stereocenters. The topological polar surface area (TPSA) is 44.3 Å². The van der Waals surface area contributed by atoms with Crippen LogP contribution in [0.2, 0.25) is 0 Å². The SMILES string of the molecule is CN(C)c1nc(CNC2CCN(c3nccs3)CC2)cs1. The van der Waals surface area contributed by atoms with Gasteiger partial charge in [-0.15, -0.1) is 22.7 Å². The molecule has 1 aliphatic rings. The Bertz CT molecular complexity index is 543. The summed E-state index contributed by atoms with van der Waals surface area (Å²) < 4.78 is 0. The number of aromatic nitrogens is 2. The Hall–Kier alpha value is -1.18. The van der Waals surface area contributed by atoms with Gasteiger partial charge in [0.2, 0.25) is 0 Å². The normalized spacial score (nSPS) is 16.4. The lowest BCUT2D eigenvalue weighted by Gasteiger charge is -2.32. The van der Waals surface area contributed by atoms with E-state index in [1.165, 1.54) is 12.8 Å². The van der Waals surface area contributed by atoms with Crippen LogP contribution in [0.1, 0.15) is 18.5 Å². The lowest BCUT2D eigenvalue weighted by Crippen LogP contribution is -2.42. The predicted octanol–water partition coefficient (Wildman–Crippen LogP) is 2.42. The fraction of sp³-hybridized carbons (Fsp3) is 0.571. The average Bonchev–Trinajstić information content (AvgIpc) is 3.17. The van der Waals surface area contributed by atoms with E-state index in [0.717, 1.165) is 35.6 Å². The quantitative estimate of drug-likeness (QED) is 0.915. The van der Waals surface area contributed by atoms with Crippen molar-refractivity contribution in [3.63, 3.8) is 0 Å². The van der Waals surface area contributed by atoms with Gasteiger partial charge in [0.25, 0.3) is 0 Å². The molecule has 0 unspecified atom stereocenters. The largest absolute Gasteiger partial charge is 0.354 e. The molecule has 0 bridgehead atoms. The van der Waals surface area contributed by atoms with Gasteiger partial charge in [-0.3, -0.25) is 0 Å². The fourth-order valence-electron chi connectivity index (χ4n) is 2.48. The number of piperidine rings is 1. The van der Waals surface area contributed by atoms with Crippen LogP contribution in [-0.4, -0.2) is 43.2 Å². The van der Waals surface area contributed by atoms with E-state index in [-0.39, 0.29) is 0 Å². The van der Waals surface area contributed by atoms with Crippen LogP contribution in [0.5, 0.6) is 0 Å². The highest BCUT2D eigenvalue weighted by Gasteiger charge is 2.20. The molecule has 114 valence electrons. The zero-order valence-corrected chi connectivity index (χ0v) is 14.1.